The van der Waals surface area contributed by atoms with Crippen LogP contribution in [0.5, 0.6) is 0 Å². The normalized spacial score (nSPS) is 10.2. The van der Waals surface area contributed by atoms with Crippen LogP contribution in [-0.4, -0.2) is 18.1 Å². The zero-order chi connectivity index (χ0) is 8.81. The largest absolute Gasteiger partial charge is 0.330 e. The van der Waals surface area contributed by atoms with E-state index in [0.29, 0.717) is 13.1 Å². The first-order chi connectivity index (χ1) is 5.86. The molecule has 3 nitrogen and oxygen atoms in total. The molecule has 1 rings (SSSR count). The van der Waals surface area contributed by atoms with E-state index >= 15 is 0 Å². The number of hydrogen-bond donors (Lipinski definition) is 2. The van der Waals surface area contributed by atoms with Crippen molar-refractivity contribution in [2.75, 3.05) is 13.1 Å². The molecule has 0 unspecified atom stereocenters. The van der Waals surface area contributed by atoms with Crippen LogP contribution < -0.4 is 11.5 Å². The Hall–Kier alpha value is -0.930. The highest BCUT2D eigenvalue weighted by Crippen LogP contribution is 2.02. The van der Waals surface area contributed by atoms with Crippen molar-refractivity contribution in [2.24, 2.45) is 11.5 Å². The molecule has 0 fully saturated rings. The van der Waals surface area contributed by atoms with Crippen LogP contribution in [0.1, 0.15) is 11.1 Å². The molecular weight excluding hydrogens is 150 g/mol. The minimum atomic E-state index is 0.674. The molecule has 66 valence electrons. The average molecular weight is 165 g/mol. The van der Waals surface area contributed by atoms with Gasteiger partial charge in [0.1, 0.15) is 0 Å². The molecule has 0 aliphatic carbocycles. The Balaban J connectivity index is 2.67. The topological polar surface area (TPSA) is 64.9 Å². The van der Waals surface area contributed by atoms with Gasteiger partial charge in [0.05, 0.1) is 0 Å². The van der Waals surface area contributed by atoms with Gasteiger partial charge in [-0.1, -0.05) is 6.07 Å². The number of rotatable bonds is 4. The van der Waals surface area contributed by atoms with Gasteiger partial charge >= 0.3 is 0 Å². The van der Waals surface area contributed by atoms with Crippen molar-refractivity contribution in [1.29, 1.82) is 0 Å². The Morgan fingerprint density at radius 2 is 1.50 bits per heavy atom. The summed E-state index contributed by atoms with van der Waals surface area (Å²) in [5.41, 5.74) is 13.3. The molecular formula is C9H15N3. The van der Waals surface area contributed by atoms with E-state index in [-0.39, 0.29) is 0 Å². The molecule has 1 aromatic rings. The molecule has 0 spiro atoms. The molecule has 0 aromatic carbocycles. The first kappa shape index (κ1) is 9.16. The van der Waals surface area contributed by atoms with Gasteiger partial charge in [-0.15, -0.1) is 0 Å². The Labute approximate surface area is 72.8 Å². The minimum absolute atomic E-state index is 0.674. The smallest absolute Gasteiger partial charge is 0.0300 e. The highest BCUT2D eigenvalue weighted by molar-refractivity contribution is 5.18. The first-order valence-corrected chi connectivity index (χ1v) is 4.19. The summed E-state index contributed by atoms with van der Waals surface area (Å²) in [5.74, 6) is 0. The van der Waals surface area contributed by atoms with Crippen molar-refractivity contribution >= 4 is 0 Å². The third-order valence-electron chi connectivity index (χ3n) is 1.72. The van der Waals surface area contributed by atoms with E-state index in [9.17, 15) is 0 Å². The Bertz CT molecular complexity index is 214. The zero-order valence-corrected chi connectivity index (χ0v) is 7.16. The van der Waals surface area contributed by atoms with E-state index < -0.39 is 0 Å². The van der Waals surface area contributed by atoms with Gasteiger partial charge < -0.3 is 11.5 Å². The number of aromatic nitrogens is 1. The van der Waals surface area contributed by atoms with E-state index in [1.807, 2.05) is 12.4 Å². The Morgan fingerprint density at radius 1 is 1.00 bits per heavy atom. The van der Waals surface area contributed by atoms with Crippen LogP contribution in [0.25, 0.3) is 0 Å². The maximum Gasteiger partial charge on any atom is 0.0300 e. The summed E-state index contributed by atoms with van der Waals surface area (Å²) in [4.78, 5) is 4.11. The molecule has 12 heavy (non-hydrogen) atoms. The van der Waals surface area contributed by atoms with Crippen LogP contribution in [0.3, 0.4) is 0 Å². The molecule has 1 heterocycles. The Kier molecular flexibility index (Phi) is 3.70. The van der Waals surface area contributed by atoms with Crippen molar-refractivity contribution < 1.29 is 0 Å². The van der Waals surface area contributed by atoms with Gasteiger partial charge in [-0.25, -0.2) is 0 Å². The van der Waals surface area contributed by atoms with E-state index in [1.54, 1.807) is 0 Å². The van der Waals surface area contributed by atoms with Gasteiger partial charge in [0.25, 0.3) is 0 Å². The SMILES string of the molecule is NCCc1cncc(CCN)c1. The Morgan fingerprint density at radius 3 is 1.92 bits per heavy atom. The second kappa shape index (κ2) is 4.85. The van der Waals surface area contributed by atoms with Gasteiger partial charge in [-0.05, 0) is 37.1 Å². The second-order valence-corrected chi connectivity index (χ2v) is 2.78. The molecule has 3 heteroatoms. The predicted molar refractivity (Wildman–Crippen MR) is 49.8 cm³/mol. The summed E-state index contributed by atoms with van der Waals surface area (Å²) in [7, 11) is 0. The highest BCUT2D eigenvalue weighted by atomic mass is 14.6. The van der Waals surface area contributed by atoms with Crippen molar-refractivity contribution in [3.8, 4) is 0 Å². The van der Waals surface area contributed by atoms with Gasteiger partial charge in [0, 0.05) is 12.4 Å². The van der Waals surface area contributed by atoms with Gasteiger partial charge in [0.15, 0.2) is 0 Å². The van der Waals surface area contributed by atoms with Gasteiger partial charge in [-0.3, -0.25) is 4.98 Å². The number of nitrogens with two attached hydrogens (primary N) is 2. The molecule has 0 saturated heterocycles. The van der Waals surface area contributed by atoms with Gasteiger partial charge in [-0.2, -0.15) is 0 Å². The summed E-state index contributed by atoms with van der Waals surface area (Å²) < 4.78 is 0. The fourth-order valence-corrected chi connectivity index (χ4v) is 1.15. The second-order valence-electron chi connectivity index (χ2n) is 2.78. The van der Waals surface area contributed by atoms with Crippen LogP contribution in [0.2, 0.25) is 0 Å². The van der Waals surface area contributed by atoms with Crippen molar-refractivity contribution in [3.05, 3.63) is 29.6 Å². The average Bonchev–Trinajstić information content (AvgIpc) is 2.06. The summed E-state index contributed by atoms with van der Waals surface area (Å²) in [6.07, 6.45) is 5.50. The lowest BCUT2D eigenvalue weighted by molar-refractivity contribution is 0.924. The molecule has 1 aromatic heterocycles. The first-order valence-electron chi connectivity index (χ1n) is 4.19. The van der Waals surface area contributed by atoms with Crippen LogP contribution in [0.15, 0.2) is 18.5 Å². The standard InChI is InChI=1S/C9H15N3/c10-3-1-8-5-9(2-4-11)7-12-6-8/h5-7H,1-4,10-11H2. The molecule has 0 amide bonds. The summed E-state index contributed by atoms with van der Waals surface area (Å²) >= 11 is 0. The number of pyridine rings is 1. The maximum atomic E-state index is 5.43. The lowest BCUT2D eigenvalue weighted by Gasteiger charge is -2.01. The minimum Gasteiger partial charge on any atom is -0.330 e. The molecule has 0 saturated carbocycles. The zero-order valence-electron chi connectivity index (χ0n) is 7.16. The molecule has 0 aliphatic heterocycles. The molecule has 4 N–H and O–H groups in total. The molecule has 0 aliphatic rings. The van der Waals surface area contributed by atoms with Crippen LogP contribution >= 0.6 is 0 Å². The molecule has 0 bridgehead atoms. The van der Waals surface area contributed by atoms with Crippen LogP contribution in [-0.2, 0) is 12.8 Å². The fraction of sp³-hybridized carbons (Fsp3) is 0.444. The lowest BCUT2D eigenvalue weighted by atomic mass is 10.1. The van der Waals surface area contributed by atoms with Gasteiger partial charge in [0.2, 0.25) is 0 Å². The third kappa shape index (κ3) is 2.60. The van der Waals surface area contributed by atoms with Crippen molar-refractivity contribution in [3.63, 3.8) is 0 Å². The third-order valence-corrected chi connectivity index (χ3v) is 1.72. The molecule has 0 atom stereocenters. The van der Waals surface area contributed by atoms with E-state index in [1.165, 1.54) is 11.1 Å². The summed E-state index contributed by atoms with van der Waals surface area (Å²) in [6.45, 7) is 1.35. The van der Waals surface area contributed by atoms with Crippen LogP contribution in [0.4, 0.5) is 0 Å². The monoisotopic (exact) mass is 165 g/mol. The molecule has 0 radical (unpaired) electrons. The van der Waals surface area contributed by atoms with E-state index in [2.05, 4.69) is 11.1 Å². The van der Waals surface area contributed by atoms with Crippen molar-refractivity contribution in [2.45, 2.75) is 12.8 Å². The number of nitrogens with zero attached hydrogens (tertiary/aromatic N) is 1. The maximum absolute atomic E-state index is 5.43. The summed E-state index contributed by atoms with van der Waals surface area (Å²) in [5, 5.41) is 0. The van der Waals surface area contributed by atoms with Crippen LogP contribution in [0, 0.1) is 0 Å². The van der Waals surface area contributed by atoms with E-state index in [4.69, 9.17) is 11.5 Å². The quantitative estimate of drug-likeness (QED) is 0.664. The highest BCUT2D eigenvalue weighted by Gasteiger charge is 1.94. The number of hydrogen-bond acceptors (Lipinski definition) is 3. The fourth-order valence-electron chi connectivity index (χ4n) is 1.15. The lowest BCUT2D eigenvalue weighted by Crippen LogP contribution is -2.06. The van der Waals surface area contributed by atoms with E-state index in [0.717, 1.165) is 12.8 Å². The summed E-state index contributed by atoms with van der Waals surface area (Å²) in [6, 6.07) is 2.12. The predicted octanol–water partition coefficient (Wildman–Crippen LogP) is 0.0840. The van der Waals surface area contributed by atoms with Crippen molar-refractivity contribution in [1.82, 2.24) is 4.98 Å².